The van der Waals surface area contributed by atoms with E-state index >= 15 is 0 Å². The van der Waals surface area contributed by atoms with E-state index in [1.807, 2.05) is 0 Å². The average Bonchev–Trinajstić information content (AvgIpc) is 2.60. The van der Waals surface area contributed by atoms with Crippen molar-refractivity contribution >= 4 is 8.58 Å². The number of hydrogen-bond donors (Lipinski definition) is 1. The van der Waals surface area contributed by atoms with E-state index in [0.29, 0.717) is 74.0 Å². The Morgan fingerprint density at radius 2 is 1.29 bits per heavy atom. The van der Waals surface area contributed by atoms with Crippen LogP contribution in [0.2, 0.25) is 0 Å². The van der Waals surface area contributed by atoms with E-state index in [1.165, 1.54) is 0 Å². The van der Waals surface area contributed by atoms with E-state index in [9.17, 15) is 0 Å². The molecule has 134 valence electrons. The van der Waals surface area contributed by atoms with Crippen molar-refractivity contribution < 1.29 is 14.2 Å². The van der Waals surface area contributed by atoms with Crippen molar-refractivity contribution in [1.82, 2.24) is 0 Å². The molecule has 1 atom stereocenters. The van der Waals surface area contributed by atoms with Crippen LogP contribution >= 0.6 is 8.58 Å². The smallest absolute Gasteiger partial charge is 0.0645 e. The Bertz CT molecular complexity index is 373. The maximum Gasteiger partial charge on any atom is 0.0645 e. The third kappa shape index (κ3) is 12.2. The van der Waals surface area contributed by atoms with Gasteiger partial charge >= 0.3 is 0 Å². The fourth-order valence-corrected chi connectivity index (χ4v) is 3.26. The molecule has 0 rings (SSSR count). The van der Waals surface area contributed by atoms with Crippen LogP contribution in [0.5, 0.6) is 0 Å². The van der Waals surface area contributed by atoms with E-state index in [-0.39, 0.29) is 5.41 Å². The summed E-state index contributed by atoms with van der Waals surface area (Å²) in [4.78, 5) is 0. The standard InChI is InChI=1S/C16H27N4O3P/c17-4-1-8-21-12-16(14-23-10-7-20,13-22-9-2-5-18)15-24-11-3-6-19/h24H,1-3,7-15,20H2. The molecule has 0 saturated heterocycles. The topological polar surface area (TPSA) is 125 Å². The molecule has 0 amide bonds. The van der Waals surface area contributed by atoms with Gasteiger partial charge in [-0.05, 0) is 12.3 Å². The molecule has 24 heavy (non-hydrogen) atoms. The summed E-state index contributed by atoms with van der Waals surface area (Å²) in [6.07, 6.45) is 2.87. The van der Waals surface area contributed by atoms with E-state index in [4.69, 9.17) is 35.7 Å². The Morgan fingerprint density at radius 3 is 1.75 bits per heavy atom. The van der Waals surface area contributed by atoms with Crippen molar-refractivity contribution in [2.75, 3.05) is 58.5 Å². The van der Waals surface area contributed by atoms with Crippen molar-refractivity contribution in [3.8, 4) is 18.2 Å². The fourth-order valence-electron chi connectivity index (χ4n) is 1.96. The summed E-state index contributed by atoms with van der Waals surface area (Å²) in [5, 5.41) is 25.9. The van der Waals surface area contributed by atoms with Gasteiger partial charge in [0.1, 0.15) is 0 Å². The van der Waals surface area contributed by atoms with Crippen LogP contribution < -0.4 is 5.73 Å². The van der Waals surface area contributed by atoms with Gasteiger partial charge in [0.15, 0.2) is 0 Å². The molecule has 0 aliphatic heterocycles. The van der Waals surface area contributed by atoms with Gasteiger partial charge < -0.3 is 19.9 Å². The molecule has 0 heterocycles. The van der Waals surface area contributed by atoms with Gasteiger partial charge in [0.05, 0.1) is 70.7 Å². The van der Waals surface area contributed by atoms with Gasteiger partial charge in [0.2, 0.25) is 0 Å². The van der Waals surface area contributed by atoms with Crippen LogP contribution in [0.15, 0.2) is 0 Å². The predicted octanol–water partition coefficient (Wildman–Crippen LogP) is 1.40. The van der Waals surface area contributed by atoms with Crippen molar-refractivity contribution in [2.24, 2.45) is 11.1 Å². The van der Waals surface area contributed by atoms with Crippen LogP contribution in [0, 0.1) is 39.4 Å². The first-order valence-corrected chi connectivity index (χ1v) is 9.41. The Kier molecular flexibility index (Phi) is 15.7. The van der Waals surface area contributed by atoms with E-state index < -0.39 is 0 Å². The number of ether oxygens (including phenoxy) is 3. The van der Waals surface area contributed by atoms with Crippen molar-refractivity contribution in [3.05, 3.63) is 0 Å². The Morgan fingerprint density at radius 1 is 0.792 bits per heavy atom. The molecule has 7 nitrogen and oxygen atoms in total. The Labute approximate surface area is 146 Å². The monoisotopic (exact) mass is 354 g/mol. The molecule has 0 bridgehead atoms. The van der Waals surface area contributed by atoms with Crippen LogP contribution in [-0.4, -0.2) is 58.5 Å². The quantitative estimate of drug-likeness (QED) is 0.328. The lowest BCUT2D eigenvalue weighted by molar-refractivity contribution is -0.0547. The zero-order valence-corrected chi connectivity index (χ0v) is 15.1. The van der Waals surface area contributed by atoms with Gasteiger partial charge in [-0.15, -0.1) is 8.58 Å². The minimum absolute atomic E-state index is 0.339. The molecule has 0 aromatic rings. The second-order valence-electron chi connectivity index (χ2n) is 5.35. The minimum Gasteiger partial charge on any atom is -0.380 e. The summed E-state index contributed by atoms with van der Waals surface area (Å²) in [6, 6.07) is 6.25. The summed E-state index contributed by atoms with van der Waals surface area (Å²) in [7, 11) is 0.603. The molecule has 0 aliphatic rings. The van der Waals surface area contributed by atoms with Crippen LogP contribution in [0.1, 0.15) is 19.3 Å². The molecule has 8 heteroatoms. The Hall–Kier alpha value is -1.26. The van der Waals surface area contributed by atoms with Crippen molar-refractivity contribution in [1.29, 1.82) is 15.8 Å². The minimum atomic E-state index is -0.339. The second kappa shape index (κ2) is 16.6. The highest BCUT2D eigenvalue weighted by molar-refractivity contribution is 7.38. The lowest BCUT2D eigenvalue weighted by Gasteiger charge is -2.33. The highest BCUT2D eigenvalue weighted by Crippen LogP contribution is 2.29. The molecule has 0 spiro atoms. The molecule has 2 N–H and O–H groups in total. The third-order valence-electron chi connectivity index (χ3n) is 3.12. The lowest BCUT2D eigenvalue weighted by Crippen LogP contribution is -2.40. The van der Waals surface area contributed by atoms with Crippen LogP contribution in [0.3, 0.4) is 0 Å². The molecule has 0 radical (unpaired) electrons. The predicted molar refractivity (Wildman–Crippen MR) is 92.7 cm³/mol. The van der Waals surface area contributed by atoms with Crippen LogP contribution in [-0.2, 0) is 14.2 Å². The zero-order chi connectivity index (χ0) is 17.9. The largest absolute Gasteiger partial charge is 0.380 e. The van der Waals surface area contributed by atoms with Gasteiger partial charge in [-0.25, -0.2) is 0 Å². The SMILES string of the molecule is N#CCCOCC(COCCN)(COCCC#N)CPCCC#N. The number of nitriles is 3. The first kappa shape index (κ1) is 22.7. The molecule has 0 aromatic carbocycles. The molecular weight excluding hydrogens is 327 g/mol. The molecule has 1 unspecified atom stereocenters. The van der Waals surface area contributed by atoms with Crippen molar-refractivity contribution in [2.45, 2.75) is 19.3 Å². The zero-order valence-electron chi connectivity index (χ0n) is 14.1. The van der Waals surface area contributed by atoms with Crippen molar-refractivity contribution in [3.63, 3.8) is 0 Å². The van der Waals surface area contributed by atoms with Crippen LogP contribution in [0.4, 0.5) is 0 Å². The van der Waals surface area contributed by atoms with Gasteiger partial charge in [-0.2, -0.15) is 15.8 Å². The summed E-state index contributed by atoms with van der Waals surface area (Å²) < 4.78 is 16.9. The summed E-state index contributed by atoms with van der Waals surface area (Å²) in [5.74, 6) is 0. The first-order valence-electron chi connectivity index (χ1n) is 7.99. The molecule has 0 aliphatic carbocycles. The summed E-state index contributed by atoms with van der Waals surface area (Å²) in [6.45, 7) is 2.93. The number of nitrogens with zero attached hydrogens (tertiary/aromatic N) is 3. The van der Waals surface area contributed by atoms with Gasteiger partial charge in [0, 0.05) is 18.4 Å². The lowest BCUT2D eigenvalue weighted by atomic mass is 9.93. The number of nitrogens with two attached hydrogens (primary N) is 1. The first-order chi connectivity index (χ1) is 11.7. The van der Waals surface area contributed by atoms with E-state index in [1.54, 1.807) is 0 Å². The van der Waals surface area contributed by atoms with E-state index in [2.05, 4.69) is 18.2 Å². The maximum absolute atomic E-state index is 8.68. The van der Waals surface area contributed by atoms with Crippen LogP contribution in [0.25, 0.3) is 0 Å². The van der Waals surface area contributed by atoms with Gasteiger partial charge in [-0.3, -0.25) is 0 Å². The molecule has 0 fully saturated rings. The fraction of sp³-hybridized carbons (Fsp3) is 0.812. The Balaban J connectivity index is 4.69. The van der Waals surface area contributed by atoms with E-state index in [0.717, 1.165) is 12.3 Å². The number of rotatable bonds is 16. The highest BCUT2D eigenvalue weighted by atomic mass is 31.1. The molecule has 0 aromatic heterocycles. The molecular formula is C16H27N4O3P. The maximum atomic E-state index is 8.68. The normalized spacial score (nSPS) is 11.2. The highest BCUT2D eigenvalue weighted by Gasteiger charge is 2.31. The average molecular weight is 354 g/mol. The summed E-state index contributed by atoms with van der Waals surface area (Å²) in [5.41, 5.74) is 5.14. The third-order valence-corrected chi connectivity index (χ3v) is 4.72. The second-order valence-corrected chi connectivity index (χ2v) is 6.70. The van der Waals surface area contributed by atoms with Gasteiger partial charge in [0.25, 0.3) is 0 Å². The summed E-state index contributed by atoms with van der Waals surface area (Å²) >= 11 is 0. The molecule has 0 saturated carbocycles. The number of hydrogen-bond acceptors (Lipinski definition) is 7. The van der Waals surface area contributed by atoms with Gasteiger partial charge in [-0.1, -0.05) is 0 Å².